The van der Waals surface area contributed by atoms with Gasteiger partial charge in [0.15, 0.2) is 11.3 Å². The summed E-state index contributed by atoms with van der Waals surface area (Å²) in [4.78, 5) is 8.61. The molecule has 0 amide bonds. The number of amidine groups is 2. The van der Waals surface area contributed by atoms with Gasteiger partial charge in [0.1, 0.15) is 5.84 Å². The highest BCUT2D eigenvalue weighted by atomic mass is 35.6. The molecule has 1 aliphatic heterocycles. The Hall–Kier alpha value is -0.130. The van der Waals surface area contributed by atoms with Crippen molar-refractivity contribution in [3.63, 3.8) is 0 Å². The van der Waals surface area contributed by atoms with Gasteiger partial charge in [0.25, 0.3) is 0 Å². The van der Waals surface area contributed by atoms with E-state index in [1.165, 1.54) is 17.3 Å². The van der Waals surface area contributed by atoms with Gasteiger partial charge in [-0.2, -0.15) is 0 Å². The summed E-state index contributed by atoms with van der Waals surface area (Å²) in [7, 11) is 0. The Morgan fingerprint density at radius 1 is 1.15 bits per heavy atom. The highest BCUT2D eigenvalue weighted by molar-refractivity contribution is 8.13. The summed E-state index contributed by atoms with van der Waals surface area (Å²) >= 11 is 19.1. The van der Waals surface area contributed by atoms with Crippen LogP contribution in [0.1, 0.15) is 11.1 Å². The fourth-order valence-electron chi connectivity index (χ4n) is 1.54. The molecule has 0 aromatic heterocycles. The molecule has 1 aliphatic rings. The normalized spacial score (nSPS) is 18.6. The Bertz CT molecular complexity index is 522. The first-order valence-electron chi connectivity index (χ1n) is 5.50. The first-order valence-corrected chi connectivity index (χ1v) is 7.86. The van der Waals surface area contributed by atoms with Gasteiger partial charge in [-0.25, -0.2) is 9.98 Å². The highest BCUT2D eigenvalue weighted by Gasteiger charge is 2.35. The number of aliphatic imine (C=N–C) groups is 2. The largest absolute Gasteiger partial charge is 0.319 e. The van der Waals surface area contributed by atoms with Crippen LogP contribution in [0.2, 0.25) is 0 Å². The fourth-order valence-corrected chi connectivity index (χ4v) is 2.23. The van der Waals surface area contributed by atoms with Crippen molar-refractivity contribution in [3.8, 4) is 0 Å². The van der Waals surface area contributed by atoms with Crippen LogP contribution in [0.5, 0.6) is 0 Å². The summed E-state index contributed by atoms with van der Waals surface area (Å²) in [5.74, 6) is 0.663. The zero-order valence-electron chi connectivity index (χ0n) is 10.7. The van der Waals surface area contributed by atoms with E-state index in [9.17, 15) is 0 Å². The molecule has 1 aromatic rings. The standard InChI is InChI=1S/C12H12Cl3N3S.ClH/c1-7-3-5-8(6-4-7)9-16-10(12(13,14)15)18-11(17-9)19-2;/h3-6,10H,1-2H3,(H,16,17,18);1H. The third-order valence-corrected chi connectivity index (χ3v) is 3.71. The molecule has 20 heavy (non-hydrogen) atoms. The third-order valence-electron chi connectivity index (χ3n) is 2.53. The summed E-state index contributed by atoms with van der Waals surface area (Å²) in [5.41, 5.74) is 2.11. The summed E-state index contributed by atoms with van der Waals surface area (Å²) in [6.07, 6.45) is 1.16. The number of thioether (sulfide) groups is 1. The van der Waals surface area contributed by atoms with E-state index in [0.717, 1.165) is 5.56 Å². The summed E-state index contributed by atoms with van der Waals surface area (Å²) in [6.45, 7) is 2.03. The van der Waals surface area contributed by atoms with Crippen molar-refractivity contribution in [2.24, 2.45) is 9.98 Å². The van der Waals surface area contributed by atoms with E-state index in [1.807, 2.05) is 37.4 Å². The molecule has 1 unspecified atom stereocenters. The van der Waals surface area contributed by atoms with Gasteiger partial charge in [-0.05, 0) is 13.2 Å². The Morgan fingerprint density at radius 3 is 2.25 bits per heavy atom. The lowest BCUT2D eigenvalue weighted by atomic mass is 10.1. The van der Waals surface area contributed by atoms with Crippen molar-refractivity contribution in [1.82, 2.24) is 5.32 Å². The molecule has 0 saturated heterocycles. The smallest absolute Gasteiger partial charge is 0.232 e. The SMILES string of the molecule is CSC1=NC(C(Cl)(Cl)Cl)N=C(c2ccc(C)cc2)N1.Cl. The minimum Gasteiger partial charge on any atom is -0.319 e. The lowest BCUT2D eigenvalue weighted by molar-refractivity contribution is 0.717. The molecule has 0 aliphatic carbocycles. The van der Waals surface area contributed by atoms with Gasteiger partial charge in [0.2, 0.25) is 3.79 Å². The number of benzene rings is 1. The molecule has 0 fully saturated rings. The molecule has 0 saturated carbocycles. The van der Waals surface area contributed by atoms with E-state index >= 15 is 0 Å². The predicted octanol–water partition coefficient (Wildman–Crippen LogP) is 4.18. The lowest BCUT2D eigenvalue weighted by Gasteiger charge is -2.24. The topological polar surface area (TPSA) is 36.8 Å². The van der Waals surface area contributed by atoms with Crippen LogP contribution in [-0.2, 0) is 0 Å². The Balaban J connectivity index is 0.00000200. The number of nitrogens with one attached hydrogen (secondary N) is 1. The van der Waals surface area contributed by atoms with E-state index in [0.29, 0.717) is 11.0 Å². The highest BCUT2D eigenvalue weighted by Crippen LogP contribution is 2.34. The van der Waals surface area contributed by atoms with E-state index in [1.54, 1.807) is 0 Å². The van der Waals surface area contributed by atoms with Crippen LogP contribution in [-0.4, -0.2) is 27.2 Å². The molecule has 110 valence electrons. The van der Waals surface area contributed by atoms with Gasteiger partial charge >= 0.3 is 0 Å². The molecule has 0 bridgehead atoms. The number of aryl methyl sites for hydroxylation is 1. The Kier molecular flexibility index (Phi) is 6.48. The van der Waals surface area contributed by atoms with Gasteiger partial charge in [-0.15, -0.1) is 12.4 Å². The first kappa shape index (κ1) is 17.9. The third kappa shape index (κ3) is 4.43. The van der Waals surface area contributed by atoms with Crippen LogP contribution in [0.4, 0.5) is 0 Å². The van der Waals surface area contributed by atoms with E-state index in [-0.39, 0.29) is 12.4 Å². The van der Waals surface area contributed by atoms with Crippen LogP contribution in [0.25, 0.3) is 0 Å². The van der Waals surface area contributed by atoms with Crippen LogP contribution in [0.15, 0.2) is 34.3 Å². The molecule has 2 rings (SSSR count). The van der Waals surface area contributed by atoms with Crippen molar-refractivity contribution in [2.45, 2.75) is 16.9 Å². The molecule has 0 radical (unpaired) electrons. The number of alkyl halides is 3. The second kappa shape index (κ2) is 7.23. The van der Waals surface area contributed by atoms with Crippen molar-refractivity contribution in [3.05, 3.63) is 35.4 Å². The van der Waals surface area contributed by atoms with E-state index in [4.69, 9.17) is 34.8 Å². The van der Waals surface area contributed by atoms with Gasteiger partial charge in [-0.1, -0.05) is 76.4 Å². The number of hydrogen-bond donors (Lipinski definition) is 1. The number of halogens is 4. The molecule has 8 heteroatoms. The molecule has 1 N–H and O–H groups in total. The van der Waals surface area contributed by atoms with Gasteiger partial charge in [-0.3, -0.25) is 0 Å². The van der Waals surface area contributed by atoms with Gasteiger partial charge < -0.3 is 5.32 Å². The van der Waals surface area contributed by atoms with Gasteiger partial charge in [0.05, 0.1) is 0 Å². The number of nitrogens with zero attached hydrogens (tertiary/aromatic N) is 2. The van der Waals surface area contributed by atoms with Crippen LogP contribution < -0.4 is 5.32 Å². The zero-order chi connectivity index (χ0) is 14.0. The molecule has 1 heterocycles. The maximum Gasteiger partial charge on any atom is 0.232 e. The van der Waals surface area contributed by atoms with Crippen molar-refractivity contribution in [1.29, 1.82) is 0 Å². The molecule has 3 nitrogen and oxygen atoms in total. The van der Waals surface area contributed by atoms with Crippen LogP contribution >= 0.6 is 59.0 Å². The number of rotatable bonds is 1. The maximum absolute atomic E-state index is 5.89. The minimum absolute atomic E-state index is 0. The molecule has 1 aromatic carbocycles. The summed E-state index contributed by atoms with van der Waals surface area (Å²) < 4.78 is -1.56. The molecular formula is C12H13Cl4N3S. The van der Waals surface area contributed by atoms with Crippen molar-refractivity contribution >= 4 is 70.0 Å². The fraction of sp³-hybridized carbons (Fsp3) is 0.333. The summed E-state index contributed by atoms with van der Waals surface area (Å²) in [6, 6.07) is 7.96. The van der Waals surface area contributed by atoms with E-state index in [2.05, 4.69) is 15.3 Å². The van der Waals surface area contributed by atoms with Gasteiger partial charge in [0, 0.05) is 5.56 Å². The lowest BCUT2D eigenvalue weighted by Crippen LogP contribution is -2.39. The van der Waals surface area contributed by atoms with Crippen LogP contribution in [0.3, 0.4) is 0 Å². The Labute approximate surface area is 143 Å². The maximum atomic E-state index is 5.89. The second-order valence-electron chi connectivity index (χ2n) is 4.02. The Morgan fingerprint density at radius 2 is 1.75 bits per heavy atom. The number of hydrogen-bond acceptors (Lipinski definition) is 4. The van der Waals surface area contributed by atoms with Crippen molar-refractivity contribution < 1.29 is 0 Å². The molecule has 0 spiro atoms. The zero-order valence-corrected chi connectivity index (χ0v) is 14.6. The van der Waals surface area contributed by atoms with Crippen LogP contribution in [0, 0.1) is 6.92 Å². The average Bonchev–Trinajstić information content (AvgIpc) is 2.38. The quantitative estimate of drug-likeness (QED) is 0.750. The molecule has 1 atom stereocenters. The average molecular weight is 373 g/mol. The monoisotopic (exact) mass is 371 g/mol. The second-order valence-corrected chi connectivity index (χ2v) is 7.19. The minimum atomic E-state index is -1.56. The summed E-state index contributed by atoms with van der Waals surface area (Å²) in [5, 5.41) is 3.81. The first-order chi connectivity index (χ1) is 8.90. The van der Waals surface area contributed by atoms with E-state index < -0.39 is 9.96 Å². The predicted molar refractivity (Wildman–Crippen MR) is 93.1 cm³/mol. The van der Waals surface area contributed by atoms with Crippen molar-refractivity contribution in [2.75, 3.05) is 6.26 Å². The molecular weight excluding hydrogens is 360 g/mol.